The van der Waals surface area contributed by atoms with Crippen LogP contribution in [0.5, 0.6) is 0 Å². The van der Waals surface area contributed by atoms with Crippen molar-refractivity contribution in [3.05, 3.63) is 64.7 Å². The van der Waals surface area contributed by atoms with E-state index in [1.807, 2.05) is 24.3 Å². The molecule has 1 heterocycles. The highest BCUT2D eigenvalue weighted by Gasteiger charge is 2.27. The number of benzene rings is 2. The van der Waals surface area contributed by atoms with Crippen LogP contribution in [0.2, 0.25) is 5.02 Å². The minimum atomic E-state index is -0.262. The number of nitrogens with zero attached hydrogens (tertiary/aromatic N) is 1. The van der Waals surface area contributed by atoms with Gasteiger partial charge in [0, 0.05) is 22.8 Å². The molecule has 136 valence electrons. The molecule has 2 aromatic rings. The number of amides is 2. The number of ether oxygens (including phenoxy) is 1. The summed E-state index contributed by atoms with van der Waals surface area (Å²) in [6.07, 6.45) is 0.692. The minimum absolute atomic E-state index is 0.00717. The Hall–Kier alpha value is -2.37. The van der Waals surface area contributed by atoms with E-state index in [2.05, 4.69) is 12.2 Å². The van der Waals surface area contributed by atoms with E-state index in [-0.39, 0.29) is 24.5 Å². The zero-order chi connectivity index (χ0) is 18.5. The van der Waals surface area contributed by atoms with Gasteiger partial charge in [-0.3, -0.25) is 9.59 Å². The fourth-order valence-electron chi connectivity index (χ4n) is 2.85. The van der Waals surface area contributed by atoms with E-state index in [0.29, 0.717) is 23.7 Å². The summed E-state index contributed by atoms with van der Waals surface area (Å²) < 4.78 is 5.56. The maximum Gasteiger partial charge on any atom is 0.253 e. The van der Waals surface area contributed by atoms with Gasteiger partial charge in [0.1, 0.15) is 6.61 Å². The first kappa shape index (κ1) is 18.4. The maximum absolute atomic E-state index is 12.2. The number of morpholine rings is 1. The fourth-order valence-corrected chi connectivity index (χ4v) is 3.04. The van der Waals surface area contributed by atoms with Crippen molar-refractivity contribution in [2.45, 2.75) is 19.4 Å². The summed E-state index contributed by atoms with van der Waals surface area (Å²) in [6.45, 7) is 2.82. The summed E-state index contributed by atoms with van der Waals surface area (Å²) in [5, 5.41) is 3.35. The molecular weight excluding hydrogens is 352 g/mol. The number of nitrogens with one attached hydrogen (secondary N) is 1. The van der Waals surface area contributed by atoms with Gasteiger partial charge in [-0.05, 0) is 42.3 Å². The first-order valence-corrected chi connectivity index (χ1v) is 8.99. The molecule has 1 unspecified atom stereocenters. The molecule has 0 aliphatic carbocycles. The topological polar surface area (TPSA) is 58.6 Å². The van der Waals surface area contributed by atoms with Crippen LogP contribution in [0, 0.1) is 0 Å². The predicted molar refractivity (Wildman–Crippen MR) is 102 cm³/mol. The van der Waals surface area contributed by atoms with Crippen molar-refractivity contribution in [3.8, 4) is 0 Å². The van der Waals surface area contributed by atoms with Gasteiger partial charge in [0.05, 0.1) is 12.6 Å². The molecule has 2 amide bonds. The van der Waals surface area contributed by atoms with E-state index in [4.69, 9.17) is 16.3 Å². The van der Waals surface area contributed by atoms with Gasteiger partial charge < -0.3 is 15.0 Å². The summed E-state index contributed by atoms with van der Waals surface area (Å²) in [6, 6.07) is 14.7. The van der Waals surface area contributed by atoms with Crippen LogP contribution in [0.4, 0.5) is 5.69 Å². The molecule has 0 aromatic heterocycles. The molecule has 1 atom stereocenters. The molecule has 6 heteroatoms. The van der Waals surface area contributed by atoms with Crippen molar-refractivity contribution < 1.29 is 14.3 Å². The molecule has 26 heavy (non-hydrogen) atoms. The van der Waals surface area contributed by atoms with E-state index in [9.17, 15) is 9.59 Å². The minimum Gasteiger partial charge on any atom is -0.365 e. The van der Waals surface area contributed by atoms with E-state index >= 15 is 0 Å². The average Bonchev–Trinajstić information content (AvgIpc) is 2.67. The van der Waals surface area contributed by atoms with E-state index in [1.165, 1.54) is 5.56 Å². The van der Waals surface area contributed by atoms with Crippen molar-refractivity contribution in [1.29, 1.82) is 0 Å². The van der Waals surface area contributed by atoms with Gasteiger partial charge in [-0.1, -0.05) is 36.7 Å². The lowest BCUT2D eigenvalue weighted by atomic mass is 10.1. The van der Waals surface area contributed by atoms with Crippen LogP contribution >= 0.6 is 11.6 Å². The molecule has 1 aliphatic heterocycles. The Kier molecular flexibility index (Phi) is 5.91. The summed E-state index contributed by atoms with van der Waals surface area (Å²) in [5.41, 5.74) is 2.57. The molecular formula is C20H21ClN2O3. The highest BCUT2D eigenvalue weighted by molar-refractivity contribution is 6.30. The molecule has 1 saturated heterocycles. The number of carbonyl (C=O) groups is 2. The molecule has 2 aromatic carbocycles. The molecule has 5 nitrogen and oxygen atoms in total. The van der Waals surface area contributed by atoms with Crippen LogP contribution in [-0.2, 0) is 16.0 Å². The van der Waals surface area contributed by atoms with Crippen molar-refractivity contribution in [2.24, 2.45) is 0 Å². The highest BCUT2D eigenvalue weighted by Crippen LogP contribution is 2.19. The quantitative estimate of drug-likeness (QED) is 0.877. The molecule has 1 N–H and O–H groups in total. The van der Waals surface area contributed by atoms with E-state index in [0.717, 1.165) is 12.1 Å². The van der Waals surface area contributed by atoms with Crippen molar-refractivity contribution in [2.75, 3.05) is 24.6 Å². The zero-order valence-electron chi connectivity index (χ0n) is 14.6. The summed E-state index contributed by atoms with van der Waals surface area (Å²) in [7, 11) is 0. The first-order valence-electron chi connectivity index (χ1n) is 8.61. The molecule has 3 rings (SSSR count). The third-order valence-corrected chi connectivity index (χ3v) is 4.60. The fraction of sp³-hybridized carbons (Fsp3) is 0.300. The first-order chi connectivity index (χ1) is 12.6. The second-order valence-electron chi connectivity index (χ2n) is 6.18. The van der Waals surface area contributed by atoms with E-state index < -0.39 is 0 Å². The second kappa shape index (κ2) is 8.34. The maximum atomic E-state index is 12.2. The lowest BCUT2D eigenvalue weighted by molar-refractivity contribution is -0.129. The molecule has 0 saturated carbocycles. The number of hydrogen-bond acceptors (Lipinski definition) is 3. The van der Waals surface area contributed by atoms with Crippen LogP contribution in [0.1, 0.15) is 22.8 Å². The number of anilines is 1. The third kappa shape index (κ3) is 4.42. The summed E-state index contributed by atoms with van der Waals surface area (Å²) in [5.74, 6) is -0.293. The largest absolute Gasteiger partial charge is 0.365 e. The SMILES string of the molecule is CCc1ccc(N2CC(CNC(=O)c3cccc(Cl)c3)OCC2=O)cc1. The zero-order valence-corrected chi connectivity index (χ0v) is 15.3. The van der Waals surface area contributed by atoms with Gasteiger partial charge in [0.25, 0.3) is 11.8 Å². The highest BCUT2D eigenvalue weighted by atomic mass is 35.5. The Balaban J connectivity index is 1.60. The van der Waals surface area contributed by atoms with Gasteiger partial charge in [-0.15, -0.1) is 0 Å². The van der Waals surface area contributed by atoms with Crippen LogP contribution in [0.25, 0.3) is 0 Å². The van der Waals surface area contributed by atoms with E-state index in [1.54, 1.807) is 29.2 Å². The van der Waals surface area contributed by atoms with Crippen molar-refractivity contribution in [3.63, 3.8) is 0 Å². The van der Waals surface area contributed by atoms with Gasteiger partial charge >= 0.3 is 0 Å². The second-order valence-corrected chi connectivity index (χ2v) is 6.61. The van der Waals surface area contributed by atoms with Crippen LogP contribution < -0.4 is 10.2 Å². The van der Waals surface area contributed by atoms with Crippen LogP contribution in [-0.4, -0.2) is 37.6 Å². The number of aryl methyl sites for hydroxylation is 1. The van der Waals surface area contributed by atoms with Crippen LogP contribution in [0.15, 0.2) is 48.5 Å². The Labute approximate surface area is 157 Å². The monoisotopic (exact) mass is 372 g/mol. The van der Waals surface area contributed by atoms with Gasteiger partial charge in [-0.2, -0.15) is 0 Å². The number of rotatable bonds is 5. The summed E-state index contributed by atoms with van der Waals surface area (Å²) >= 11 is 5.91. The van der Waals surface area contributed by atoms with Crippen molar-refractivity contribution in [1.82, 2.24) is 5.32 Å². The molecule has 1 fully saturated rings. The van der Waals surface area contributed by atoms with Gasteiger partial charge in [0.15, 0.2) is 0 Å². The Morgan fingerprint density at radius 1 is 1.27 bits per heavy atom. The smallest absolute Gasteiger partial charge is 0.253 e. The van der Waals surface area contributed by atoms with Gasteiger partial charge in [0.2, 0.25) is 0 Å². The van der Waals surface area contributed by atoms with Crippen molar-refractivity contribution >= 4 is 29.1 Å². The summed E-state index contributed by atoms with van der Waals surface area (Å²) in [4.78, 5) is 26.1. The van der Waals surface area contributed by atoms with Crippen LogP contribution in [0.3, 0.4) is 0 Å². The third-order valence-electron chi connectivity index (χ3n) is 4.36. The molecule has 1 aliphatic rings. The Bertz CT molecular complexity index is 792. The Morgan fingerprint density at radius 3 is 2.73 bits per heavy atom. The lowest BCUT2D eigenvalue weighted by Crippen LogP contribution is -2.50. The molecule has 0 radical (unpaired) electrons. The number of carbonyl (C=O) groups excluding carboxylic acids is 2. The molecule has 0 bridgehead atoms. The lowest BCUT2D eigenvalue weighted by Gasteiger charge is -2.33. The number of halogens is 1. The molecule has 0 spiro atoms. The normalized spacial score (nSPS) is 17.2. The Morgan fingerprint density at radius 2 is 2.04 bits per heavy atom. The average molecular weight is 373 g/mol. The van der Waals surface area contributed by atoms with Gasteiger partial charge in [-0.25, -0.2) is 0 Å². The number of hydrogen-bond donors (Lipinski definition) is 1. The predicted octanol–water partition coefficient (Wildman–Crippen LogP) is 3.06. The standard InChI is InChI=1S/C20H21ClN2O3/c1-2-14-6-8-17(9-7-14)23-12-18(26-13-19(23)24)11-22-20(25)15-4-3-5-16(21)10-15/h3-10,18H,2,11-13H2,1H3,(H,22,25).